The third kappa shape index (κ3) is 52.2. The molecule has 0 aliphatic carbocycles. The molecule has 0 bridgehead atoms. The van der Waals surface area contributed by atoms with Crippen LogP contribution in [0.1, 0.15) is 329 Å². The van der Waals surface area contributed by atoms with Gasteiger partial charge in [-0.05, 0) is 57.8 Å². The Morgan fingerprint density at radius 2 is 0.783 bits per heavy atom. The van der Waals surface area contributed by atoms with Gasteiger partial charge in [-0.15, -0.1) is 0 Å². The highest BCUT2D eigenvalue weighted by molar-refractivity contribution is 5.77. The molecule has 0 rings (SSSR count). The number of allylic oxidation sites excluding steroid dienone is 6. The van der Waals surface area contributed by atoms with E-state index in [9.17, 15) is 19.8 Å². The fourth-order valence-electron chi connectivity index (χ4n) is 9.63. The van der Waals surface area contributed by atoms with Gasteiger partial charge in [0.15, 0.2) is 0 Å². The minimum absolute atomic E-state index is 0.0672. The van der Waals surface area contributed by atoms with Crippen molar-refractivity contribution >= 4 is 11.9 Å². The fourth-order valence-corrected chi connectivity index (χ4v) is 9.63. The number of hydrogen-bond acceptors (Lipinski definition) is 5. The number of carbonyl (C=O) groups excluding carboxylic acids is 2. The number of aliphatic hydroxyl groups excluding tert-OH is 2. The maximum absolute atomic E-state index is 13.3. The largest absolute Gasteiger partial charge is 0.462 e. The van der Waals surface area contributed by atoms with Crippen LogP contribution >= 0.6 is 0 Å². The molecule has 1 amide bonds. The van der Waals surface area contributed by atoms with Crippen molar-refractivity contribution in [2.24, 2.45) is 0 Å². The second-order valence-electron chi connectivity index (χ2n) is 21.1. The van der Waals surface area contributed by atoms with Crippen LogP contribution < -0.4 is 5.32 Å². The average Bonchev–Trinajstić information content (AvgIpc) is 3.34. The molecular formula is C63H119NO5. The molecule has 0 aromatic carbocycles. The summed E-state index contributed by atoms with van der Waals surface area (Å²) in [5.74, 6) is -0.477. The van der Waals surface area contributed by atoms with Crippen LogP contribution in [0.3, 0.4) is 0 Å². The molecule has 0 fully saturated rings. The Labute approximate surface area is 430 Å². The summed E-state index contributed by atoms with van der Waals surface area (Å²) in [6.07, 6.45) is 69.4. The molecule has 0 aliphatic heterocycles. The molecule has 0 saturated carbocycles. The SMILES string of the molecule is CC/C=C/C/C=C/C/C=C/CCCCCCC(CC(=O)NC(CO)C(O)CCCCCCCCCCCCCCCCCCC)OC(=O)CCCCCCCCCCCCCCCCCCCCC. The lowest BCUT2D eigenvalue weighted by Crippen LogP contribution is -2.46. The van der Waals surface area contributed by atoms with Crippen molar-refractivity contribution in [1.29, 1.82) is 0 Å². The lowest BCUT2D eigenvalue weighted by Gasteiger charge is -2.24. The van der Waals surface area contributed by atoms with E-state index in [1.54, 1.807) is 0 Å². The van der Waals surface area contributed by atoms with Crippen molar-refractivity contribution in [3.63, 3.8) is 0 Å². The molecule has 406 valence electrons. The van der Waals surface area contributed by atoms with Crippen molar-refractivity contribution in [3.05, 3.63) is 36.5 Å². The molecule has 6 nitrogen and oxygen atoms in total. The first-order valence-electron chi connectivity index (χ1n) is 30.7. The third-order valence-corrected chi connectivity index (χ3v) is 14.2. The smallest absolute Gasteiger partial charge is 0.306 e. The normalized spacial score (nSPS) is 13.3. The molecule has 0 aromatic rings. The molecule has 3 N–H and O–H groups in total. The number of carbonyl (C=O) groups is 2. The second-order valence-corrected chi connectivity index (χ2v) is 21.1. The van der Waals surface area contributed by atoms with Crippen LogP contribution in [0.25, 0.3) is 0 Å². The van der Waals surface area contributed by atoms with Crippen molar-refractivity contribution in [3.8, 4) is 0 Å². The Morgan fingerprint density at radius 1 is 0.435 bits per heavy atom. The first kappa shape index (κ1) is 67.1. The first-order valence-corrected chi connectivity index (χ1v) is 30.7. The Morgan fingerprint density at radius 3 is 1.19 bits per heavy atom. The van der Waals surface area contributed by atoms with E-state index in [1.807, 2.05) is 0 Å². The van der Waals surface area contributed by atoms with Gasteiger partial charge in [0.25, 0.3) is 0 Å². The highest BCUT2D eigenvalue weighted by Gasteiger charge is 2.24. The number of amides is 1. The Balaban J connectivity index is 4.48. The quantitative estimate of drug-likeness (QED) is 0.0321. The van der Waals surface area contributed by atoms with Crippen LogP contribution in [0.2, 0.25) is 0 Å². The summed E-state index contributed by atoms with van der Waals surface area (Å²) in [4.78, 5) is 26.3. The van der Waals surface area contributed by atoms with Crippen LogP contribution in [0.5, 0.6) is 0 Å². The van der Waals surface area contributed by atoms with E-state index in [0.29, 0.717) is 19.3 Å². The van der Waals surface area contributed by atoms with Gasteiger partial charge in [0.2, 0.25) is 5.91 Å². The Hall–Kier alpha value is -1.92. The van der Waals surface area contributed by atoms with Gasteiger partial charge in [-0.1, -0.05) is 295 Å². The minimum atomic E-state index is -0.793. The van der Waals surface area contributed by atoms with Crippen molar-refractivity contribution < 1.29 is 24.5 Å². The van der Waals surface area contributed by atoms with Gasteiger partial charge in [0.1, 0.15) is 6.10 Å². The summed E-state index contributed by atoms with van der Waals surface area (Å²) < 4.78 is 5.97. The molecule has 0 aromatic heterocycles. The van der Waals surface area contributed by atoms with Gasteiger partial charge >= 0.3 is 5.97 Å². The standard InChI is InChI=1S/C63H119NO5/c1-4-7-10-13-16-19-22-25-28-30-31-33-35-38-41-44-47-50-53-56-63(68)69-59(54-51-48-45-42-39-36-27-24-21-18-15-12-9-6-3)57-62(67)64-60(58-65)61(66)55-52-49-46-43-40-37-34-32-29-26-23-20-17-14-11-8-5-2/h9,12,18,21,27,36,59-61,65-66H,4-8,10-11,13-17,19-20,22-26,28-35,37-58H2,1-3H3,(H,64,67)/b12-9+,21-18+,36-27+. The predicted molar refractivity (Wildman–Crippen MR) is 301 cm³/mol. The number of unbranched alkanes of at least 4 members (excludes halogenated alkanes) is 38. The summed E-state index contributed by atoms with van der Waals surface area (Å²) in [5.41, 5.74) is 0. The lowest BCUT2D eigenvalue weighted by atomic mass is 10.0. The maximum Gasteiger partial charge on any atom is 0.306 e. The molecule has 3 atom stereocenters. The zero-order valence-corrected chi connectivity index (χ0v) is 46.5. The zero-order valence-electron chi connectivity index (χ0n) is 46.5. The van der Waals surface area contributed by atoms with E-state index in [4.69, 9.17) is 4.74 Å². The van der Waals surface area contributed by atoms with E-state index in [0.717, 1.165) is 83.5 Å². The summed E-state index contributed by atoms with van der Waals surface area (Å²) >= 11 is 0. The van der Waals surface area contributed by atoms with Gasteiger partial charge in [0.05, 0.1) is 25.2 Å². The number of hydrogen-bond donors (Lipinski definition) is 3. The summed E-state index contributed by atoms with van der Waals surface area (Å²) in [6, 6.07) is -0.708. The molecular weight excluding hydrogens is 851 g/mol. The molecule has 0 spiro atoms. The Kier molecular flexibility index (Phi) is 55.4. The van der Waals surface area contributed by atoms with E-state index in [1.165, 1.54) is 199 Å². The minimum Gasteiger partial charge on any atom is -0.462 e. The highest BCUT2D eigenvalue weighted by atomic mass is 16.5. The lowest BCUT2D eigenvalue weighted by molar-refractivity contribution is -0.151. The van der Waals surface area contributed by atoms with Crippen LogP contribution in [0.4, 0.5) is 0 Å². The molecule has 6 heteroatoms. The van der Waals surface area contributed by atoms with Crippen molar-refractivity contribution in [2.75, 3.05) is 6.61 Å². The molecule has 0 saturated heterocycles. The van der Waals surface area contributed by atoms with Crippen LogP contribution in [0, 0.1) is 0 Å². The van der Waals surface area contributed by atoms with E-state index < -0.39 is 18.2 Å². The molecule has 69 heavy (non-hydrogen) atoms. The monoisotopic (exact) mass is 970 g/mol. The van der Waals surface area contributed by atoms with Crippen LogP contribution in [0.15, 0.2) is 36.5 Å². The average molecular weight is 971 g/mol. The zero-order chi connectivity index (χ0) is 50.2. The van der Waals surface area contributed by atoms with Crippen molar-refractivity contribution in [2.45, 2.75) is 347 Å². The summed E-state index contributed by atoms with van der Waals surface area (Å²) in [5, 5.41) is 23.9. The van der Waals surface area contributed by atoms with E-state index in [2.05, 4.69) is 62.5 Å². The Bertz CT molecular complexity index is 1130. The van der Waals surface area contributed by atoms with Gasteiger partial charge in [-0.25, -0.2) is 0 Å². The first-order chi connectivity index (χ1) is 34.0. The third-order valence-electron chi connectivity index (χ3n) is 14.2. The number of nitrogens with one attached hydrogen (secondary N) is 1. The summed E-state index contributed by atoms with van der Waals surface area (Å²) in [7, 11) is 0. The number of aliphatic hydroxyl groups is 2. The molecule has 0 aliphatic rings. The molecule has 0 heterocycles. The molecule has 3 unspecified atom stereocenters. The van der Waals surface area contributed by atoms with Gasteiger partial charge in [-0.3, -0.25) is 9.59 Å². The number of rotatable bonds is 56. The van der Waals surface area contributed by atoms with Gasteiger partial charge in [0, 0.05) is 6.42 Å². The highest BCUT2D eigenvalue weighted by Crippen LogP contribution is 2.19. The molecule has 0 radical (unpaired) electrons. The number of ether oxygens (including phenoxy) is 1. The van der Waals surface area contributed by atoms with Crippen LogP contribution in [-0.4, -0.2) is 46.9 Å². The fraction of sp³-hybridized carbons (Fsp3) is 0.873. The van der Waals surface area contributed by atoms with E-state index >= 15 is 0 Å². The predicted octanol–water partition coefficient (Wildman–Crippen LogP) is 19.2. The van der Waals surface area contributed by atoms with Crippen LogP contribution in [-0.2, 0) is 14.3 Å². The van der Waals surface area contributed by atoms with Gasteiger partial charge in [-0.2, -0.15) is 0 Å². The summed E-state index contributed by atoms with van der Waals surface area (Å²) in [6.45, 7) is 6.42. The maximum atomic E-state index is 13.3. The van der Waals surface area contributed by atoms with E-state index in [-0.39, 0.29) is 24.9 Å². The number of esters is 1. The van der Waals surface area contributed by atoms with Crippen molar-refractivity contribution in [1.82, 2.24) is 5.32 Å². The second kappa shape index (κ2) is 57.0. The van der Waals surface area contributed by atoms with Gasteiger partial charge < -0.3 is 20.3 Å². The topological polar surface area (TPSA) is 95.9 Å².